The molecule has 4 rings (SSSR count). The van der Waals surface area contributed by atoms with Gasteiger partial charge in [-0.3, -0.25) is 4.68 Å². The topological polar surface area (TPSA) is 128 Å². The van der Waals surface area contributed by atoms with Crippen molar-refractivity contribution in [1.82, 2.24) is 19.7 Å². The predicted octanol–water partition coefficient (Wildman–Crippen LogP) is 2.72. The molecule has 2 aromatic heterocycles. The summed E-state index contributed by atoms with van der Waals surface area (Å²) in [4.78, 5) is 10.0. The lowest BCUT2D eigenvalue weighted by Crippen LogP contribution is -2.34. The smallest absolute Gasteiger partial charge is 0.237 e. The van der Waals surface area contributed by atoms with Crippen molar-refractivity contribution in [1.29, 1.82) is 0 Å². The molecule has 0 saturated carbocycles. The van der Waals surface area contributed by atoms with Crippen LogP contribution in [0.25, 0.3) is 22.8 Å². The largest absolute Gasteiger partial charge is 0.382 e. The number of aliphatic hydroxyl groups excluding tert-OH is 1. The molecule has 2 heterocycles. The normalized spacial score (nSPS) is 12.0. The van der Waals surface area contributed by atoms with Crippen LogP contribution < -0.4 is 16.4 Å². The molecule has 33 heavy (non-hydrogen) atoms. The Labute approximate surface area is 190 Å². The minimum atomic E-state index is -1.27. The van der Waals surface area contributed by atoms with Gasteiger partial charge in [0.05, 0.1) is 12.2 Å². The molecule has 5 N–H and O–H groups in total. The third-order valence-corrected chi connectivity index (χ3v) is 5.19. The third kappa shape index (κ3) is 4.47. The van der Waals surface area contributed by atoms with Crippen molar-refractivity contribution in [2.75, 3.05) is 30.5 Å². The molecule has 1 atom stereocenters. The maximum atomic E-state index is 14.3. The highest BCUT2D eigenvalue weighted by Crippen LogP contribution is 2.32. The van der Waals surface area contributed by atoms with Gasteiger partial charge in [0, 0.05) is 19.7 Å². The van der Waals surface area contributed by atoms with Crippen LogP contribution in [-0.4, -0.2) is 45.4 Å². The van der Waals surface area contributed by atoms with E-state index in [9.17, 15) is 9.50 Å². The van der Waals surface area contributed by atoms with Crippen molar-refractivity contribution in [2.45, 2.75) is 13.0 Å². The number of hydrogen-bond acceptors (Lipinski definition) is 8. The number of methoxy groups -OCH3 is 1. The minimum Gasteiger partial charge on any atom is -0.382 e. The summed E-state index contributed by atoms with van der Waals surface area (Å²) in [5, 5.41) is 14.6. The van der Waals surface area contributed by atoms with Crippen molar-refractivity contribution in [3.8, 4) is 22.8 Å². The molecular formula is C23H24FN7O2. The molecule has 9 nitrogen and oxygen atoms in total. The van der Waals surface area contributed by atoms with Crippen molar-refractivity contribution >= 4 is 17.3 Å². The molecule has 0 aliphatic rings. The monoisotopic (exact) mass is 449 g/mol. The number of rotatable bonds is 7. The average molecular weight is 449 g/mol. The van der Waals surface area contributed by atoms with E-state index in [1.165, 1.54) is 18.1 Å². The fraction of sp³-hybridized carbons (Fsp3) is 0.174. The SMILES string of the molecule is COC(O)N(C)c1c(N)nc(-c2cc(-c3ccccc3)n(Cc3ccccc3F)n2)nc1N. The fourth-order valence-corrected chi connectivity index (χ4v) is 3.51. The van der Waals surface area contributed by atoms with E-state index in [2.05, 4.69) is 15.1 Å². The van der Waals surface area contributed by atoms with Crippen LogP contribution in [0.1, 0.15) is 5.56 Å². The summed E-state index contributed by atoms with van der Waals surface area (Å²) in [6.07, 6.45) is -1.27. The van der Waals surface area contributed by atoms with Gasteiger partial charge in [0.25, 0.3) is 0 Å². The molecule has 170 valence electrons. The number of aliphatic hydroxyl groups is 1. The summed E-state index contributed by atoms with van der Waals surface area (Å²) in [5.74, 6) is 0.00272. The zero-order valence-corrected chi connectivity index (χ0v) is 18.2. The lowest BCUT2D eigenvalue weighted by molar-refractivity contribution is -0.0708. The number of ether oxygens (including phenoxy) is 1. The molecule has 1 unspecified atom stereocenters. The van der Waals surface area contributed by atoms with Gasteiger partial charge >= 0.3 is 0 Å². The first kappa shape index (κ1) is 22.2. The third-order valence-electron chi connectivity index (χ3n) is 5.19. The van der Waals surface area contributed by atoms with E-state index < -0.39 is 6.41 Å². The molecule has 0 bridgehead atoms. The first-order valence-electron chi connectivity index (χ1n) is 10.1. The molecule has 0 saturated heterocycles. The van der Waals surface area contributed by atoms with Gasteiger partial charge in [-0.25, -0.2) is 14.4 Å². The minimum absolute atomic E-state index is 0.0565. The quantitative estimate of drug-likeness (QED) is 0.368. The molecule has 0 spiro atoms. The standard InChI is InChI=1S/C23H24FN7O2/c1-30(23(32)33-2)19-20(25)27-22(28-21(19)26)17-12-18(14-8-4-3-5-9-14)31(29-17)13-15-10-6-7-11-16(15)24/h3-12,23,32H,13H2,1-2H3,(H4,25,26,27,28). The summed E-state index contributed by atoms with van der Waals surface area (Å²) in [6.45, 7) is 0.211. The second-order valence-electron chi connectivity index (χ2n) is 7.37. The molecule has 10 heteroatoms. The second-order valence-corrected chi connectivity index (χ2v) is 7.37. The fourth-order valence-electron chi connectivity index (χ4n) is 3.51. The van der Waals surface area contributed by atoms with Gasteiger partial charge in [-0.2, -0.15) is 5.10 Å². The van der Waals surface area contributed by atoms with Crippen LogP contribution in [0, 0.1) is 5.82 Å². The van der Waals surface area contributed by atoms with Crippen LogP contribution in [0.5, 0.6) is 0 Å². The van der Waals surface area contributed by atoms with Crippen molar-refractivity contribution in [3.05, 3.63) is 72.0 Å². The van der Waals surface area contributed by atoms with Crippen LogP contribution in [0.2, 0.25) is 0 Å². The molecular weight excluding hydrogens is 425 g/mol. The highest BCUT2D eigenvalue weighted by atomic mass is 19.1. The Bertz CT molecular complexity index is 1240. The van der Waals surface area contributed by atoms with Gasteiger partial charge < -0.3 is 26.2 Å². The van der Waals surface area contributed by atoms with E-state index in [1.54, 1.807) is 36.0 Å². The maximum Gasteiger partial charge on any atom is 0.237 e. The summed E-state index contributed by atoms with van der Waals surface area (Å²) < 4.78 is 20.9. The molecule has 4 aromatic rings. The summed E-state index contributed by atoms with van der Waals surface area (Å²) >= 11 is 0. The van der Waals surface area contributed by atoms with Gasteiger partial charge in [0.2, 0.25) is 6.41 Å². The molecule has 2 aromatic carbocycles. The van der Waals surface area contributed by atoms with Crippen LogP contribution in [-0.2, 0) is 11.3 Å². The molecule has 0 aliphatic heterocycles. The zero-order chi connectivity index (χ0) is 23.5. The first-order chi connectivity index (χ1) is 15.9. The Kier molecular flexibility index (Phi) is 6.20. The number of hydrogen-bond donors (Lipinski definition) is 3. The molecule has 0 amide bonds. The Morgan fingerprint density at radius 1 is 1.06 bits per heavy atom. The number of aromatic nitrogens is 4. The van der Waals surface area contributed by atoms with Crippen molar-refractivity contribution in [2.24, 2.45) is 0 Å². The van der Waals surface area contributed by atoms with Crippen LogP contribution in [0.15, 0.2) is 60.7 Å². The van der Waals surface area contributed by atoms with E-state index in [0.717, 1.165) is 11.3 Å². The van der Waals surface area contributed by atoms with Gasteiger partial charge in [0.15, 0.2) is 17.5 Å². The lowest BCUT2D eigenvalue weighted by Gasteiger charge is -2.25. The Hall–Kier alpha value is -4.02. The summed E-state index contributed by atoms with van der Waals surface area (Å²) in [5.41, 5.74) is 15.1. The lowest BCUT2D eigenvalue weighted by atomic mass is 10.1. The molecule has 0 radical (unpaired) electrons. The number of benzene rings is 2. The highest BCUT2D eigenvalue weighted by molar-refractivity contribution is 5.78. The first-order valence-corrected chi connectivity index (χ1v) is 10.1. The van der Waals surface area contributed by atoms with Crippen molar-refractivity contribution < 1.29 is 14.2 Å². The van der Waals surface area contributed by atoms with Gasteiger partial charge in [-0.1, -0.05) is 48.5 Å². The van der Waals surface area contributed by atoms with E-state index in [4.69, 9.17) is 16.2 Å². The van der Waals surface area contributed by atoms with E-state index in [1.807, 2.05) is 30.3 Å². The number of halogens is 1. The van der Waals surface area contributed by atoms with Gasteiger partial charge in [-0.15, -0.1) is 0 Å². The number of nitrogens with zero attached hydrogens (tertiary/aromatic N) is 5. The maximum absolute atomic E-state index is 14.3. The van der Waals surface area contributed by atoms with Crippen LogP contribution in [0.3, 0.4) is 0 Å². The second kappa shape index (κ2) is 9.23. The van der Waals surface area contributed by atoms with Crippen LogP contribution in [0.4, 0.5) is 21.7 Å². The van der Waals surface area contributed by atoms with Crippen molar-refractivity contribution in [3.63, 3.8) is 0 Å². The number of anilines is 3. The molecule has 0 aliphatic carbocycles. The van der Waals surface area contributed by atoms with Gasteiger partial charge in [-0.05, 0) is 17.7 Å². The number of nitrogen functional groups attached to an aromatic ring is 2. The van der Waals surface area contributed by atoms with E-state index in [-0.39, 0.29) is 35.5 Å². The predicted molar refractivity (Wildman–Crippen MR) is 124 cm³/mol. The summed E-state index contributed by atoms with van der Waals surface area (Å²) in [6, 6.07) is 18.0. The van der Waals surface area contributed by atoms with Gasteiger partial charge in [0.1, 0.15) is 17.2 Å². The number of nitrogens with two attached hydrogens (primary N) is 2. The Balaban J connectivity index is 1.79. The Morgan fingerprint density at radius 2 is 1.70 bits per heavy atom. The zero-order valence-electron chi connectivity index (χ0n) is 18.2. The van der Waals surface area contributed by atoms with E-state index in [0.29, 0.717) is 11.3 Å². The molecule has 0 fully saturated rings. The average Bonchev–Trinajstić information content (AvgIpc) is 3.24. The Morgan fingerprint density at radius 3 is 2.33 bits per heavy atom. The summed E-state index contributed by atoms with van der Waals surface area (Å²) in [7, 11) is 2.89. The highest BCUT2D eigenvalue weighted by Gasteiger charge is 2.22. The van der Waals surface area contributed by atoms with E-state index >= 15 is 0 Å². The van der Waals surface area contributed by atoms with Crippen LogP contribution >= 0.6 is 0 Å².